The third-order valence-electron chi connectivity index (χ3n) is 15.2. The smallest absolute Gasteiger partial charge is 0.313 e. The molecular weight excluding hydrogens is 596 g/mol. The van der Waals surface area contributed by atoms with Crippen molar-refractivity contribution in [3.05, 3.63) is 53.4 Å². The van der Waals surface area contributed by atoms with Crippen LogP contribution < -0.4 is 0 Å². The number of allylic oxidation sites excluding steroid dienone is 2. The molecule has 5 aliphatic carbocycles. The largest absolute Gasteiger partial charge is 0.459 e. The molecule has 5 aliphatic rings. The molecule has 4 fully saturated rings. The SMILES string of the molecule is C[C@H]1[C@H](C)CC[C@]2(C(=O)OCc3cn(-c4ccc(F)cc4F)nn3)CC[C@]3(C)C(=CC[C@@H]4[C@@]5(C)CCC(=O)C(C)(C)[C@@H]5CC[C@]43C)[C@H]12. The highest BCUT2D eigenvalue weighted by Gasteiger charge is 2.69. The van der Waals surface area contributed by atoms with Crippen molar-refractivity contribution in [3.63, 3.8) is 0 Å². The van der Waals surface area contributed by atoms with Gasteiger partial charge in [-0.05, 0) is 109 Å². The molecule has 0 radical (unpaired) electrons. The van der Waals surface area contributed by atoms with Gasteiger partial charge < -0.3 is 4.74 Å². The van der Waals surface area contributed by atoms with Gasteiger partial charge in [0.05, 0.1) is 11.6 Å². The van der Waals surface area contributed by atoms with Gasteiger partial charge >= 0.3 is 5.97 Å². The number of ketones is 1. The Kier molecular flexibility index (Phi) is 7.50. The number of nitrogens with zero attached hydrogens (tertiary/aromatic N) is 3. The first kappa shape index (κ1) is 32.6. The number of halogens is 2. The van der Waals surface area contributed by atoms with Crippen molar-refractivity contribution in [1.82, 2.24) is 15.0 Å². The van der Waals surface area contributed by atoms with Gasteiger partial charge in [-0.2, -0.15) is 0 Å². The number of hydrogen-bond acceptors (Lipinski definition) is 5. The first-order valence-electron chi connectivity index (χ1n) is 17.9. The number of ether oxygens (including phenoxy) is 1. The molecule has 2 aromatic rings. The van der Waals surface area contributed by atoms with Crippen molar-refractivity contribution in [2.24, 2.45) is 56.7 Å². The summed E-state index contributed by atoms with van der Waals surface area (Å²) in [5.74, 6) is 0.699. The molecular formula is C39H51F2N3O3. The number of rotatable bonds is 4. The molecule has 0 bridgehead atoms. The summed E-state index contributed by atoms with van der Waals surface area (Å²) < 4.78 is 35.2. The zero-order valence-corrected chi connectivity index (χ0v) is 29.2. The van der Waals surface area contributed by atoms with Crippen molar-refractivity contribution < 1.29 is 23.1 Å². The fourth-order valence-corrected chi connectivity index (χ4v) is 12.1. The summed E-state index contributed by atoms with van der Waals surface area (Å²) >= 11 is 0. The molecule has 4 saturated carbocycles. The normalized spacial score (nSPS) is 40.7. The Bertz CT molecular complexity index is 1650. The van der Waals surface area contributed by atoms with Crippen LogP contribution in [-0.2, 0) is 20.9 Å². The predicted molar refractivity (Wildman–Crippen MR) is 175 cm³/mol. The number of fused-ring (bicyclic) bond motifs is 7. The molecule has 1 aromatic carbocycles. The molecule has 47 heavy (non-hydrogen) atoms. The fourth-order valence-electron chi connectivity index (χ4n) is 12.1. The number of benzene rings is 1. The molecule has 0 spiro atoms. The second-order valence-electron chi connectivity index (χ2n) is 17.3. The lowest BCUT2D eigenvalue weighted by Crippen LogP contribution is -2.65. The Hall–Kier alpha value is -2.90. The number of carbonyl (C=O) groups is 2. The Morgan fingerprint density at radius 2 is 1.77 bits per heavy atom. The van der Waals surface area contributed by atoms with Crippen LogP contribution in [0.3, 0.4) is 0 Å². The van der Waals surface area contributed by atoms with E-state index in [4.69, 9.17) is 4.74 Å². The standard InChI is InChI=1S/C39H51F2N3O3/c1-23-12-17-39(34(46)47-22-26-21-44(43-42-26)29-10-8-25(40)20-28(29)41)19-18-37(6)27(33(39)24(23)2)9-11-31-36(5)15-14-32(45)35(3,4)30(36)13-16-38(31,37)7/h8-10,20-21,23-24,30-31,33H,11-19,22H2,1-7H3/t23-,24+,30+,31-,33+,36+,37-,38-,39+/m1/s1. The lowest BCUT2D eigenvalue weighted by Gasteiger charge is -2.70. The van der Waals surface area contributed by atoms with E-state index in [1.165, 1.54) is 28.6 Å². The third kappa shape index (κ3) is 4.51. The number of esters is 1. The van der Waals surface area contributed by atoms with Gasteiger partial charge in [0.15, 0.2) is 5.82 Å². The van der Waals surface area contributed by atoms with Gasteiger partial charge in [0.1, 0.15) is 29.6 Å². The lowest BCUT2D eigenvalue weighted by molar-refractivity contribution is -0.193. The van der Waals surface area contributed by atoms with Crippen LogP contribution in [0.25, 0.3) is 5.69 Å². The van der Waals surface area contributed by atoms with Crippen molar-refractivity contribution >= 4 is 11.8 Å². The zero-order chi connectivity index (χ0) is 33.7. The number of aromatic nitrogens is 3. The number of hydrogen-bond donors (Lipinski definition) is 0. The van der Waals surface area contributed by atoms with E-state index in [9.17, 15) is 18.4 Å². The lowest BCUT2D eigenvalue weighted by atomic mass is 9.33. The van der Waals surface area contributed by atoms with Crippen LogP contribution in [0.1, 0.15) is 112 Å². The van der Waals surface area contributed by atoms with Crippen LogP contribution in [0.5, 0.6) is 0 Å². The molecule has 0 saturated heterocycles. The average molecular weight is 648 g/mol. The van der Waals surface area contributed by atoms with E-state index in [1.54, 1.807) is 0 Å². The average Bonchev–Trinajstić information content (AvgIpc) is 3.49. The molecule has 0 aliphatic heterocycles. The van der Waals surface area contributed by atoms with Gasteiger partial charge in [-0.15, -0.1) is 5.10 Å². The maximum Gasteiger partial charge on any atom is 0.313 e. The topological polar surface area (TPSA) is 74.1 Å². The van der Waals surface area contributed by atoms with E-state index in [0.29, 0.717) is 41.6 Å². The van der Waals surface area contributed by atoms with E-state index in [1.807, 2.05) is 0 Å². The van der Waals surface area contributed by atoms with Gasteiger partial charge in [0, 0.05) is 17.9 Å². The second-order valence-corrected chi connectivity index (χ2v) is 17.3. The summed E-state index contributed by atoms with van der Waals surface area (Å²) in [7, 11) is 0. The molecule has 0 amide bonds. The van der Waals surface area contributed by atoms with Gasteiger partial charge in [0.25, 0.3) is 0 Å². The Morgan fingerprint density at radius 1 is 1.00 bits per heavy atom. The predicted octanol–water partition coefficient (Wildman–Crippen LogP) is 8.82. The number of carbonyl (C=O) groups excluding carboxylic acids is 2. The monoisotopic (exact) mass is 647 g/mol. The molecule has 6 nitrogen and oxygen atoms in total. The van der Waals surface area contributed by atoms with E-state index in [0.717, 1.165) is 57.4 Å². The summed E-state index contributed by atoms with van der Waals surface area (Å²) in [6.45, 7) is 16.6. The minimum atomic E-state index is -0.740. The summed E-state index contributed by atoms with van der Waals surface area (Å²) in [6, 6.07) is 3.29. The van der Waals surface area contributed by atoms with Crippen LogP contribution in [0.15, 0.2) is 36.0 Å². The van der Waals surface area contributed by atoms with Gasteiger partial charge in [-0.3, -0.25) is 9.59 Å². The highest BCUT2D eigenvalue weighted by molar-refractivity contribution is 5.85. The molecule has 1 heterocycles. The second kappa shape index (κ2) is 10.8. The molecule has 9 atom stereocenters. The van der Waals surface area contributed by atoms with Crippen molar-refractivity contribution in [3.8, 4) is 5.69 Å². The minimum absolute atomic E-state index is 0.0306. The summed E-state index contributed by atoms with van der Waals surface area (Å²) in [4.78, 5) is 27.5. The molecule has 8 heteroatoms. The van der Waals surface area contributed by atoms with E-state index in [-0.39, 0.29) is 45.8 Å². The summed E-state index contributed by atoms with van der Waals surface area (Å²) in [5.41, 5.74) is 1.27. The minimum Gasteiger partial charge on any atom is -0.459 e. The van der Waals surface area contributed by atoms with Gasteiger partial charge in [-0.1, -0.05) is 65.3 Å². The summed E-state index contributed by atoms with van der Waals surface area (Å²) in [5, 5.41) is 8.14. The summed E-state index contributed by atoms with van der Waals surface area (Å²) in [6.07, 6.45) is 12.5. The Morgan fingerprint density at radius 3 is 2.51 bits per heavy atom. The fraction of sp³-hybridized carbons (Fsp3) is 0.692. The molecule has 0 unspecified atom stereocenters. The van der Waals surface area contributed by atoms with E-state index in [2.05, 4.69) is 64.9 Å². The first-order valence-corrected chi connectivity index (χ1v) is 17.9. The van der Waals surface area contributed by atoms with Crippen LogP contribution >= 0.6 is 0 Å². The zero-order valence-electron chi connectivity index (χ0n) is 29.2. The van der Waals surface area contributed by atoms with E-state index >= 15 is 0 Å². The van der Waals surface area contributed by atoms with Gasteiger partial charge in [-0.25, -0.2) is 13.5 Å². The van der Waals surface area contributed by atoms with Gasteiger partial charge in [0.2, 0.25) is 0 Å². The van der Waals surface area contributed by atoms with Crippen LogP contribution in [0.4, 0.5) is 8.78 Å². The molecule has 7 rings (SSSR count). The van der Waals surface area contributed by atoms with Crippen molar-refractivity contribution in [1.29, 1.82) is 0 Å². The highest BCUT2D eigenvalue weighted by Crippen LogP contribution is 2.75. The van der Waals surface area contributed by atoms with E-state index < -0.39 is 17.0 Å². The number of Topliss-reactive ketones (excluding diaryl/α,β-unsaturated/α-hetero) is 1. The van der Waals surface area contributed by atoms with Crippen LogP contribution in [0.2, 0.25) is 0 Å². The maximum atomic E-state index is 14.4. The van der Waals surface area contributed by atoms with Crippen molar-refractivity contribution in [2.75, 3.05) is 0 Å². The maximum absolute atomic E-state index is 14.4. The van der Waals surface area contributed by atoms with Crippen molar-refractivity contribution in [2.45, 2.75) is 113 Å². The highest BCUT2D eigenvalue weighted by atomic mass is 19.1. The first-order chi connectivity index (χ1) is 22.1. The molecule has 254 valence electrons. The molecule has 1 aromatic heterocycles. The third-order valence-corrected chi connectivity index (χ3v) is 15.2. The van der Waals surface area contributed by atoms with Crippen LogP contribution in [-0.4, -0.2) is 26.7 Å². The quantitative estimate of drug-likeness (QED) is 0.245. The Labute approximate surface area is 278 Å². The Balaban J connectivity index is 1.18. The molecule has 0 N–H and O–H groups in total. The van der Waals surface area contributed by atoms with Crippen LogP contribution in [0, 0.1) is 68.3 Å².